The highest BCUT2D eigenvalue weighted by molar-refractivity contribution is 5.69. The summed E-state index contributed by atoms with van der Waals surface area (Å²) in [7, 11) is 0. The molecule has 0 aromatic carbocycles. The summed E-state index contributed by atoms with van der Waals surface area (Å²) in [5.41, 5.74) is 0. The van der Waals surface area contributed by atoms with Crippen LogP contribution in [-0.2, 0) is 9.53 Å². The van der Waals surface area contributed by atoms with Crippen LogP contribution in [-0.4, -0.2) is 12.1 Å². The number of hydrogen-bond acceptors (Lipinski definition) is 2. The first kappa shape index (κ1) is 11.5. The van der Waals surface area contributed by atoms with Crippen molar-refractivity contribution in [1.29, 1.82) is 0 Å². The predicted octanol–water partition coefficient (Wildman–Crippen LogP) is 2.58. The van der Waals surface area contributed by atoms with E-state index in [4.69, 9.17) is 4.74 Å². The van der Waals surface area contributed by atoms with Crippen LogP contribution in [0, 0.1) is 12.3 Å². The van der Waals surface area contributed by atoms with Crippen LogP contribution >= 0.6 is 0 Å². The number of carbonyl (C=O) groups is 1. The van der Waals surface area contributed by atoms with Gasteiger partial charge in [0.05, 0.1) is 0 Å². The highest BCUT2D eigenvalue weighted by Crippen LogP contribution is 2.08. The van der Waals surface area contributed by atoms with Crippen LogP contribution in [0.15, 0.2) is 0 Å². The smallest absolute Gasteiger partial charge is 0.306 e. The van der Waals surface area contributed by atoms with Crippen LogP contribution in [0.25, 0.3) is 0 Å². The van der Waals surface area contributed by atoms with Gasteiger partial charge in [-0.1, -0.05) is 27.2 Å². The van der Waals surface area contributed by atoms with Crippen LogP contribution < -0.4 is 0 Å². The molecule has 0 aliphatic heterocycles. The summed E-state index contributed by atoms with van der Waals surface area (Å²) < 4.78 is 5.08. The summed E-state index contributed by atoms with van der Waals surface area (Å²) in [6.45, 7) is 7.89. The van der Waals surface area contributed by atoms with Crippen molar-refractivity contribution in [1.82, 2.24) is 0 Å². The topological polar surface area (TPSA) is 26.3 Å². The molecule has 0 heterocycles. The van der Waals surface area contributed by atoms with E-state index in [0.717, 1.165) is 6.42 Å². The molecule has 2 heteroatoms. The van der Waals surface area contributed by atoms with Gasteiger partial charge in [0, 0.05) is 6.42 Å². The zero-order valence-electron chi connectivity index (χ0n) is 8.46. The number of carbonyl (C=O) groups excluding carboxylic acids is 1. The third kappa shape index (κ3) is 5.16. The second kappa shape index (κ2) is 6.04. The van der Waals surface area contributed by atoms with Crippen LogP contribution in [0.4, 0.5) is 0 Å². The largest absolute Gasteiger partial charge is 0.462 e. The van der Waals surface area contributed by atoms with Crippen molar-refractivity contribution in [3.05, 3.63) is 6.42 Å². The number of esters is 1. The molecule has 0 aliphatic rings. The van der Waals surface area contributed by atoms with E-state index in [0.29, 0.717) is 12.3 Å². The maximum atomic E-state index is 11.1. The first-order valence-corrected chi connectivity index (χ1v) is 4.59. The zero-order valence-corrected chi connectivity index (χ0v) is 8.46. The Bertz CT molecular complexity index is 118. The van der Waals surface area contributed by atoms with Crippen molar-refractivity contribution in [2.75, 3.05) is 0 Å². The monoisotopic (exact) mass is 171 g/mol. The van der Waals surface area contributed by atoms with E-state index in [9.17, 15) is 4.79 Å². The Labute approximate surface area is 75.3 Å². The Morgan fingerprint density at radius 1 is 1.50 bits per heavy atom. The molecule has 71 valence electrons. The molecule has 1 radical (unpaired) electrons. The molecule has 0 amide bonds. The minimum absolute atomic E-state index is 0.0541. The van der Waals surface area contributed by atoms with Crippen LogP contribution in [0.1, 0.15) is 40.5 Å². The minimum atomic E-state index is -0.0880. The minimum Gasteiger partial charge on any atom is -0.462 e. The Kier molecular flexibility index (Phi) is 5.77. The molecule has 0 N–H and O–H groups in total. The molecular weight excluding hydrogens is 152 g/mol. The Hall–Kier alpha value is -0.530. The lowest BCUT2D eigenvalue weighted by Gasteiger charge is -2.12. The Morgan fingerprint density at radius 2 is 2.08 bits per heavy atom. The van der Waals surface area contributed by atoms with Crippen molar-refractivity contribution >= 4 is 5.97 Å². The van der Waals surface area contributed by atoms with Gasteiger partial charge in [0.1, 0.15) is 6.10 Å². The standard InChI is InChI=1S/C10H19O2/c1-5-8(3)7-10(11)12-9(4)6-2/h6,8-9H,5,7H2,1-4H3. The second-order valence-electron chi connectivity index (χ2n) is 3.25. The average Bonchev–Trinajstić information content (AvgIpc) is 2.03. The fraction of sp³-hybridized carbons (Fsp3) is 0.800. The molecule has 12 heavy (non-hydrogen) atoms. The summed E-state index contributed by atoms with van der Waals surface area (Å²) >= 11 is 0. The summed E-state index contributed by atoms with van der Waals surface area (Å²) in [6.07, 6.45) is 3.38. The normalized spacial score (nSPS) is 15.3. The van der Waals surface area contributed by atoms with Gasteiger partial charge in [0.25, 0.3) is 0 Å². The van der Waals surface area contributed by atoms with Crippen LogP contribution in [0.5, 0.6) is 0 Å². The van der Waals surface area contributed by atoms with Gasteiger partial charge in [0.15, 0.2) is 0 Å². The maximum absolute atomic E-state index is 11.1. The van der Waals surface area contributed by atoms with E-state index in [1.54, 1.807) is 0 Å². The molecule has 0 aromatic heterocycles. The molecule has 0 saturated heterocycles. The van der Waals surface area contributed by atoms with E-state index in [2.05, 4.69) is 13.8 Å². The van der Waals surface area contributed by atoms with E-state index in [1.807, 2.05) is 20.3 Å². The van der Waals surface area contributed by atoms with Gasteiger partial charge in [-0.15, -0.1) is 0 Å². The highest BCUT2D eigenvalue weighted by Gasteiger charge is 2.10. The third-order valence-electron chi connectivity index (χ3n) is 2.00. The van der Waals surface area contributed by atoms with Crippen LogP contribution in [0.3, 0.4) is 0 Å². The summed E-state index contributed by atoms with van der Waals surface area (Å²) in [5, 5.41) is 0. The lowest BCUT2D eigenvalue weighted by atomic mass is 10.1. The molecule has 0 aromatic rings. The summed E-state index contributed by atoms with van der Waals surface area (Å²) in [6, 6.07) is 0. The number of rotatable bonds is 5. The third-order valence-corrected chi connectivity index (χ3v) is 2.00. The molecule has 0 aliphatic carbocycles. The average molecular weight is 171 g/mol. The molecule has 2 unspecified atom stereocenters. The van der Waals surface area contributed by atoms with Crippen molar-refractivity contribution in [2.24, 2.45) is 5.92 Å². The second-order valence-corrected chi connectivity index (χ2v) is 3.25. The van der Waals surface area contributed by atoms with Gasteiger partial charge < -0.3 is 4.74 Å². The highest BCUT2D eigenvalue weighted by atomic mass is 16.5. The lowest BCUT2D eigenvalue weighted by molar-refractivity contribution is -0.147. The predicted molar refractivity (Wildman–Crippen MR) is 49.6 cm³/mol. The molecule has 0 spiro atoms. The van der Waals surface area contributed by atoms with E-state index >= 15 is 0 Å². The zero-order chi connectivity index (χ0) is 9.56. The van der Waals surface area contributed by atoms with E-state index in [-0.39, 0.29) is 12.1 Å². The van der Waals surface area contributed by atoms with Crippen molar-refractivity contribution in [3.63, 3.8) is 0 Å². The lowest BCUT2D eigenvalue weighted by Crippen LogP contribution is -2.16. The van der Waals surface area contributed by atoms with Gasteiger partial charge >= 0.3 is 5.97 Å². The fourth-order valence-electron chi connectivity index (χ4n) is 0.752. The fourth-order valence-corrected chi connectivity index (χ4v) is 0.752. The molecule has 0 bridgehead atoms. The Morgan fingerprint density at radius 3 is 2.50 bits per heavy atom. The van der Waals surface area contributed by atoms with Gasteiger partial charge in [-0.05, 0) is 19.3 Å². The summed E-state index contributed by atoms with van der Waals surface area (Å²) in [4.78, 5) is 11.1. The molecule has 2 nitrogen and oxygen atoms in total. The first-order chi connectivity index (χ1) is 5.60. The molecule has 0 rings (SSSR count). The van der Waals surface area contributed by atoms with Gasteiger partial charge in [-0.2, -0.15) is 0 Å². The summed E-state index contributed by atoms with van der Waals surface area (Å²) in [5.74, 6) is 0.344. The molecule has 0 saturated carbocycles. The number of ether oxygens (including phenoxy) is 1. The SMILES string of the molecule is C[CH]C(C)OC(=O)CC(C)CC. The molecule has 0 fully saturated rings. The van der Waals surface area contributed by atoms with Crippen molar-refractivity contribution in [3.8, 4) is 0 Å². The van der Waals surface area contributed by atoms with Crippen molar-refractivity contribution < 1.29 is 9.53 Å². The van der Waals surface area contributed by atoms with Gasteiger partial charge in [-0.25, -0.2) is 0 Å². The van der Waals surface area contributed by atoms with E-state index in [1.165, 1.54) is 0 Å². The van der Waals surface area contributed by atoms with Gasteiger partial charge in [0.2, 0.25) is 0 Å². The van der Waals surface area contributed by atoms with Crippen LogP contribution in [0.2, 0.25) is 0 Å². The maximum Gasteiger partial charge on any atom is 0.306 e. The van der Waals surface area contributed by atoms with E-state index < -0.39 is 0 Å². The molecular formula is C10H19O2. The number of hydrogen-bond donors (Lipinski definition) is 0. The first-order valence-electron chi connectivity index (χ1n) is 4.59. The van der Waals surface area contributed by atoms with Gasteiger partial charge in [-0.3, -0.25) is 4.79 Å². The van der Waals surface area contributed by atoms with Crippen molar-refractivity contribution in [2.45, 2.75) is 46.6 Å². The quantitative estimate of drug-likeness (QED) is 0.594. The molecule has 2 atom stereocenters. The Balaban J connectivity index is 3.59.